The number of hydrogen-bond donors (Lipinski definition) is 2. The van der Waals surface area contributed by atoms with Crippen molar-refractivity contribution in [3.8, 4) is 0 Å². The topological polar surface area (TPSA) is 200 Å². The minimum atomic E-state index is -2.35. The van der Waals surface area contributed by atoms with Gasteiger partial charge < -0.3 is 48.1 Å². The van der Waals surface area contributed by atoms with Crippen molar-refractivity contribution in [1.82, 2.24) is 0 Å². The Balaban J connectivity index is 2.49. The third-order valence-electron chi connectivity index (χ3n) is 5.31. The summed E-state index contributed by atoms with van der Waals surface area (Å²) in [5, 5.41) is 20.8. The van der Waals surface area contributed by atoms with E-state index >= 15 is 0 Å². The lowest BCUT2D eigenvalue weighted by Crippen LogP contribution is -2.65. The van der Waals surface area contributed by atoms with Crippen LogP contribution in [-0.2, 0) is 61.9 Å². The van der Waals surface area contributed by atoms with Crippen LogP contribution in [0.4, 0.5) is 4.39 Å². The van der Waals surface area contributed by atoms with Crippen molar-refractivity contribution in [2.24, 2.45) is 0 Å². The summed E-state index contributed by atoms with van der Waals surface area (Å²) in [6, 6.07) is 0. The molecule has 2 N–H and O–H groups in total. The molecule has 38 heavy (non-hydrogen) atoms. The molecule has 0 saturated carbocycles. The Morgan fingerprint density at radius 1 is 0.658 bits per heavy atom. The molecule has 10 unspecified atom stereocenters. The van der Waals surface area contributed by atoms with Gasteiger partial charge in [-0.25, -0.2) is 4.39 Å². The molecule has 0 radical (unpaired) electrons. The number of aliphatic hydroxyl groups is 2. The molecule has 0 amide bonds. The first-order chi connectivity index (χ1) is 17.7. The van der Waals surface area contributed by atoms with Crippen molar-refractivity contribution in [2.75, 3.05) is 13.2 Å². The zero-order valence-corrected chi connectivity index (χ0v) is 21.3. The van der Waals surface area contributed by atoms with Crippen molar-refractivity contribution >= 4 is 29.8 Å². The molecule has 2 rings (SSSR count). The van der Waals surface area contributed by atoms with E-state index in [2.05, 4.69) is 0 Å². The van der Waals surface area contributed by atoms with Crippen LogP contribution in [0, 0.1) is 0 Å². The first kappa shape index (κ1) is 31.3. The lowest BCUT2D eigenvalue weighted by atomic mass is 9.96. The van der Waals surface area contributed by atoms with Gasteiger partial charge in [0.15, 0.2) is 37.1 Å². The van der Waals surface area contributed by atoms with Crippen LogP contribution in [0.3, 0.4) is 0 Å². The van der Waals surface area contributed by atoms with Gasteiger partial charge in [-0.05, 0) is 0 Å². The zero-order chi connectivity index (χ0) is 28.7. The average molecular weight is 554 g/mol. The molecular weight excluding hydrogens is 523 g/mol. The Morgan fingerprint density at radius 2 is 1.13 bits per heavy atom. The quantitative estimate of drug-likeness (QED) is 0.244. The van der Waals surface area contributed by atoms with Gasteiger partial charge in [-0.3, -0.25) is 24.0 Å². The highest BCUT2D eigenvalue weighted by atomic mass is 19.1. The summed E-state index contributed by atoms with van der Waals surface area (Å²) in [4.78, 5) is 58.0. The molecule has 216 valence electrons. The van der Waals surface area contributed by atoms with Crippen molar-refractivity contribution in [2.45, 2.75) is 96.1 Å². The molecule has 0 aromatic carbocycles. The molecule has 15 nitrogen and oxygen atoms in total. The maximum atomic E-state index is 14.9. The number of esters is 5. The number of aliphatic hydroxyl groups excluding tert-OH is 2. The van der Waals surface area contributed by atoms with Crippen molar-refractivity contribution in [3.05, 3.63) is 0 Å². The van der Waals surface area contributed by atoms with Crippen LogP contribution < -0.4 is 0 Å². The fraction of sp³-hybridized carbons (Fsp3) is 0.773. The van der Waals surface area contributed by atoms with Crippen molar-refractivity contribution < 1.29 is 76.5 Å². The smallest absolute Gasteiger partial charge is 0.303 e. The van der Waals surface area contributed by atoms with Crippen LogP contribution >= 0.6 is 0 Å². The normalized spacial score (nSPS) is 34.9. The Hall–Kier alpha value is -2.92. The first-order valence-corrected chi connectivity index (χ1v) is 11.5. The minimum absolute atomic E-state index is 0.559. The van der Waals surface area contributed by atoms with Gasteiger partial charge in [0.05, 0.1) is 0 Å². The molecule has 0 aromatic rings. The van der Waals surface area contributed by atoms with Crippen LogP contribution in [0.25, 0.3) is 0 Å². The fourth-order valence-corrected chi connectivity index (χ4v) is 3.84. The third-order valence-corrected chi connectivity index (χ3v) is 5.31. The van der Waals surface area contributed by atoms with E-state index in [0.717, 1.165) is 34.6 Å². The molecular formula is C22H31FO15. The van der Waals surface area contributed by atoms with Gasteiger partial charge in [0, 0.05) is 34.6 Å². The third kappa shape index (κ3) is 8.56. The number of ether oxygens (including phenoxy) is 8. The summed E-state index contributed by atoms with van der Waals surface area (Å²) in [6.07, 6.45) is -17.6. The number of hydrogen-bond acceptors (Lipinski definition) is 15. The average Bonchev–Trinajstić information content (AvgIpc) is 2.79. The van der Waals surface area contributed by atoms with Gasteiger partial charge in [-0.15, -0.1) is 0 Å². The Morgan fingerprint density at radius 3 is 1.63 bits per heavy atom. The van der Waals surface area contributed by atoms with E-state index in [1.54, 1.807) is 0 Å². The van der Waals surface area contributed by atoms with Gasteiger partial charge in [0.2, 0.25) is 0 Å². The van der Waals surface area contributed by atoms with E-state index in [0.29, 0.717) is 0 Å². The molecule has 0 spiro atoms. The minimum Gasteiger partial charge on any atom is -0.463 e. The second-order valence-electron chi connectivity index (χ2n) is 8.47. The lowest BCUT2D eigenvalue weighted by molar-refractivity contribution is -0.352. The largest absolute Gasteiger partial charge is 0.463 e. The maximum Gasteiger partial charge on any atom is 0.303 e. The highest BCUT2D eigenvalue weighted by molar-refractivity contribution is 5.68. The van der Waals surface area contributed by atoms with E-state index in [9.17, 15) is 38.6 Å². The predicted octanol–water partition coefficient (Wildman–Crippen LogP) is -1.57. The maximum absolute atomic E-state index is 14.9. The molecule has 2 heterocycles. The Bertz CT molecular complexity index is 881. The number of alkyl halides is 1. The molecule has 0 aliphatic carbocycles. The summed E-state index contributed by atoms with van der Waals surface area (Å²) in [7, 11) is 0. The van der Waals surface area contributed by atoms with Gasteiger partial charge in [-0.1, -0.05) is 0 Å². The van der Waals surface area contributed by atoms with E-state index < -0.39 is 105 Å². The lowest BCUT2D eigenvalue weighted by Gasteiger charge is -2.46. The number of rotatable bonds is 9. The van der Waals surface area contributed by atoms with Crippen LogP contribution in [0.1, 0.15) is 34.6 Å². The number of carbonyl (C=O) groups is 5. The second-order valence-corrected chi connectivity index (χ2v) is 8.47. The van der Waals surface area contributed by atoms with Gasteiger partial charge in [0.1, 0.15) is 37.6 Å². The molecule has 2 aliphatic rings. The highest BCUT2D eigenvalue weighted by Gasteiger charge is 2.55. The Kier molecular flexibility index (Phi) is 11.3. The molecule has 0 aromatic heterocycles. The molecule has 16 heteroatoms. The number of halogens is 1. The van der Waals surface area contributed by atoms with E-state index in [4.69, 9.17) is 37.9 Å². The SMILES string of the molecule is CC(=O)OCC1OC(OC2C(COC(C)=O)OC(O)C(F)C2OC(C)=O)C(OC(C)=O)C(OC(C)=O)C1O. The molecule has 2 fully saturated rings. The summed E-state index contributed by atoms with van der Waals surface area (Å²) >= 11 is 0. The van der Waals surface area contributed by atoms with Crippen LogP contribution in [-0.4, -0.2) is 115 Å². The summed E-state index contributed by atoms with van der Waals surface area (Å²) < 4.78 is 56.7. The van der Waals surface area contributed by atoms with E-state index in [1.165, 1.54) is 0 Å². The molecule has 0 bridgehead atoms. The standard InChI is InChI=1S/C22H31FO15/c1-8(24)31-6-13-16(29)19(34-11(4)27)20(35-12(5)28)22(37-13)38-17-14(7-32-9(2)25)36-21(30)15(23)18(17)33-10(3)26/h13-22,29-30H,6-7H2,1-5H3. The second kappa shape index (κ2) is 13.7. The summed E-state index contributed by atoms with van der Waals surface area (Å²) in [6.45, 7) is 3.98. The van der Waals surface area contributed by atoms with Gasteiger partial charge in [0.25, 0.3) is 0 Å². The monoisotopic (exact) mass is 554 g/mol. The molecule has 2 aliphatic heterocycles. The number of carbonyl (C=O) groups excluding carboxylic acids is 5. The fourth-order valence-electron chi connectivity index (χ4n) is 3.84. The zero-order valence-electron chi connectivity index (χ0n) is 21.3. The first-order valence-electron chi connectivity index (χ1n) is 11.5. The van der Waals surface area contributed by atoms with Crippen LogP contribution in [0.5, 0.6) is 0 Å². The molecule has 2 saturated heterocycles. The van der Waals surface area contributed by atoms with Crippen molar-refractivity contribution in [1.29, 1.82) is 0 Å². The summed E-state index contributed by atoms with van der Waals surface area (Å²) in [5.41, 5.74) is 0. The van der Waals surface area contributed by atoms with Gasteiger partial charge >= 0.3 is 29.8 Å². The van der Waals surface area contributed by atoms with Crippen LogP contribution in [0.2, 0.25) is 0 Å². The Labute approximate surface area is 216 Å². The highest BCUT2D eigenvalue weighted by Crippen LogP contribution is 2.33. The van der Waals surface area contributed by atoms with E-state index in [-0.39, 0.29) is 0 Å². The van der Waals surface area contributed by atoms with Crippen molar-refractivity contribution in [3.63, 3.8) is 0 Å². The summed E-state index contributed by atoms with van der Waals surface area (Å²) in [5.74, 6) is -4.28. The van der Waals surface area contributed by atoms with Crippen LogP contribution in [0.15, 0.2) is 0 Å². The predicted molar refractivity (Wildman–Crippen MR) is 115 cm³/mol. The van der Waals surface area contributed by atoms with E-state index in [1.807, 2.05) is 0 Å². The molecule has 10 atom stereocenters. The van der Waals surface area contributed by atoms with Gasteiger partial charge in [-0.2, -0.15) is 0 Å².